The van der Waals surface area contributed by atoms with E-state index in [9.17, 15) is 0 Å². The molecule has 6 N–H and O–H groups in total. The molecule has 2 aromatic heterocycles. The van der Waals surface area contributed by atoms with Crippen molar-refractivity contribution in [3.05, 3.63) is 28.1 Å². The number of halogens is 1. The molecule has 0 saturated heterocycles. The van der Waals surface area contributed by atoms with Crippen LogP contribution in [0, 0.1) is 9.49 Å². The minimum atomic E-state index is -4.64. The number of hydrogen-bond donors (Lipinski definition) is 5. The molecular weight excluding hydrogens is 570 g/mol. The number of ether oxygens (including phenoxy) is 1. The summed E-state index contributed by atoms with van der Waals surface area (Å²) in [4.78, 5) is 35.9. The Morgan fingerprint density at radius 3 is 2.62 bits per heavy atom. The Bertz CT molecular complexity index is 1080. The molecular formula is C18H26IN6O5PS. The van der Waals surface area contributed by atoms with Crippen LogP contribution in [0.2, 0.25) is 0 Å². The van der Waals surface area contributed by atoms with Crippen molar-refractivity contribution in [2.75, 3.05) is 25.9 Å². The lowest BCUT2D eigenvalue weighted by atomic mass is 10.2. The zero-order valence-electron chi connectivity index (χ0n) is 17.8. The molecule has 0 amide bonds. The van der Waals surface area contributed by atoms with E-state index < -0.39 is 7.82 Å². The quantitative estimate of drug-likeness (QED) is 0.147. The van der Waals surface area contributed by atoms with Gasteiger partial charge in [0.25, 0.3) is 0 Å². The predicted molar refractivity (Wildman–Crippen MR) is 132 cm³/mol. The lowest BCUT2D eigenvalue weighted by molar-refractivity contribution is 0.275. The number of nitrogen functional groups attached to an aromatic ring is 1. The molecule has 0 fully saturated rings. The van der Waals surface area contributed by atoms with E-state index in [1.165, 1.54) is 6.33 Å². The van der Waals surface area contributed by atoms with Crippen LogP contribution in [0.15, 0.2) is 34.6 Å². The first kappa shape index (κ1) is 26.8. The monoisotopic (exact) mass is 596 g/mol. The van der Waals surface area contributed by atoms with Crippen molar-refractivity contribution in [3.8, 4) is 5.75 Å². The van der Waals surface area contributed by atoms with Gasteiger partial charge >= 0.3 is 7.82 Å². The van der Waals surface area contributed by atoms with Gasteiger partial charge in [0.05, 0.1) is 7.11 Å². The van der Waals surface area contributed by atoms with Gasteiger partial charge in [0.1, 0.15) is 12.1 Å². The zero-order chi connectivity index (χ0) is 23.9. The van der Waals surface area contributed by atoms with Crippen molar-refractivity contribution in [3.63, 3.8) is 0 Å². The van der Waals surface area contributed by atoms with E-state index in [0.29, 0.717) is 17.3 Å². The number of aromatic nitrogens is 4. The molecule has 14 heteroatoms. The molecule has 1 aromatic carbocycles. The van der Waals surface area contributed by atoms with Crippen LogP contribution in [0.3, 0.4) is 0 Å². The molecule has 11 nitrogen and oxygen atoms in total. The lowest BCUT2D eigenvalue weighted by Crippen LogP contribution is -2.24. The fraction of sp³-hybridized carbons (Fsp3) is 0.389. The third-order valence-corrected chi connectivity index (χ3v) is 6.29. The maximum absolute atomic E-state index is 8.88. The summed E-state index contributed by atoms with van der Waals surface area (Å²) in [6, 6.07) is 6.00. The Labute approximate surface area is 203 Å². The van der Waals surface area contributed by atoms with Gasteiger partial charge in [-0.15, -0.1) is 0 Å². The molecule has 2 heterocycles. The summed E-state index contributed by atoms with van der Waals surface area (Å²) in [5.74, 6) is 1.82. The first-order chi connectivity index (χ1) is 15.0. The Morgan fingerprint density at radius 1 is 1.31 bits per heavy atom. The molecule has 32 heavy (non-hydrogen) atoms. The molecule has 0 aliphatic rings. The summed E-state index contributed by atoms with van der Waals surface area (Å²) in [5.41, 5.74) is 7.43. The minimum Gasteiger partial charge on any atom is -0.497 e. The average molecular weight is 596 g/mol. The molecule has 0 unspecified atom stereocenters. The highest BCUT2D eigenvalue weighted by Gasteiger charge is 2.17. The SMILES string of the molecule is COc1ccc(I)c(Sc2nc3c(N)ncnc3n2CCNCC(C)C)c1.O=P(O)(O)O. The van der Waals surface area contributed by atoms with Crippen molar-refractivity contribution < 1.29 is 24.0 Å². The van der Waals surface area contributed by atoms with Crippen molar-refractivity contribution >= 4 is 59.2 Å². The number of methoxy groups -OCH3 is 1. The summed E-state index contributed by atoms with van der Waals surface area (Å²) >= 11 is 3.90. The first-order valence-electron chi connectivity index (χ1n) is 9.46. The summed E-state index contributed by atoms with van der Waals surface area (Å²) in [7, 11) is -2.97. The molecule has 0 radical (unpaired) electrons. The molecule has 0 aliphatic carbocycles. The number of benzene rings is 1. The minimum absolute atomic E-state index is 0.399. The van der Waals surface area contributed by atoms with Crippen LogP contribution in [0.4, 0.5) is 5.82 Å². The third kappa shape index (κ3) is 8.46. The van der Waals surface area contributed by atoms with Gasteiger partial charge in [0.2, 0.25) is 0 Å². The standard InChI is InChI=1S/C18H23IN6OS.H3O4P/c1-11(2)9-21-6-7-25-17-15(16(20)22-10-23-17)24-18(25)27-14-8-12(26-3)4-5-13(14)19;1-5(2,3)4/h4-5,8,10-11,21H,6-7,9H2,1-3H3,(H2,20,22,23);(H3,1,2,3,4). The van der Waals surface area contributed by atoms with Gasteiger partial charge < -0.3 is 35.0 Å². The number of phosphoric acid groups is 1. The second kappa shape index (κ2) is 12.1. The Morgan fingerprint density at radius 2 is 2.00 bits per heavy atom. The van der Waals surface area contributed by atoms with Crippen molar-refractivity contribution in [1.29, 1.82) is 0 Å². The maximum atomic E-state index is 8.88. The molecule has 0 aliphatic heterocycles. The Balaban J connectivity index is 0.000000654. The van der Waals surface area contributed by atoms with Gasteiger partial charge in [-0.2, -0.15) is 0 Å². The molecule has 176 valence electrons. The van der Waals surface area contributed by atoms with Crippen molar-refractivity contribution in [2.45, 2.75) is 30.4 Å². The topological polar surface area (TPSA) is 169 Å². The highest BCUT2D eigenvalue weighted by atomic mass is 127. The van der Waals surface area contributed by atoms with Crippen molar-refractivity contribution in [2.24, 2.45) is 5.92 Å². The van der Waals surface area contributed by atoms with E-state index in [0.717, 1.165) is 44.7 Å². The molecule has 0 spiro atoms. The highest BCUT2D eigenvalue weighted by Crippen LogP contribution is 2.35. The van der Waals surface area contributed by atoms with E-state index in [2.05, 4.69) is 56.3 Å². The number of nitrogens with zero attached hydrogens (tertiary/aromatic N) is 4. The summed E-state index contributed by atoms with van der Waals surface area (Å²) in [6.45, 7) is 6.94. The van der Waals surface area contributed by atoms with E-state index in [1.807, 2.05) is 18.2 Å². The van der Waals surface area contributed by atoms with Gasteiger partial charge in [0, 0.05) is 21.6 Å². The average Bonchev–Trinajstić information content (AvgIpc) is 3.04. The van der Waals surface area contributed by atoms with Crippen LogP contribution in [-0.2, 0) is 11.1 Å². The first-order valence-corrected chi connectivity index (χ1v) is 12.9. The zero-order valence-corrected chi connectivity index (χ0v) is 21.6. The van der Waals surface area contributed by atoms with Gasteiger partial charge in [-0.05, 0) is 53.3 Å². The van der Waals surface area contributed by atoms with Crippen LogP contribution >= 0.6 is 42.2 Å². The van der Waals surface area contributed by atoms with Crippen LogP contribution in [0.5, 0.6) is 5.75 Å². The Hall–Kier alpha value is -1.48. The van der Waals surface area contributed by atoms with Gasteiger partial charge in [-0.1, -0.05) is 25.6 Å². The molecule has 0 saturated carbocycles. The van der Waals surface area contributed by atoms with Crippen LogP contribution in [0.25, 0.3) is 11.2 Å². The second-order valence-electron chi connectivity index (χ2n) is 6.99. The van der Waals surface area contributed by atoms with Crippen LogP contribution in [-0.4, -0.2) is 54.4 Å². The largest absolute Gasteiger partial charge is 0.497 e. The number of anilines is 1. The second-order valence-corrected chi connectivity index (χ2v) is 10.2. The van der Waals surface area contributed by atoms with Crippen LogP contribution < -0.4 is 15.8 Å². The summed E-state index contributed by atoms with van der Waals surface area (Å²) in [6.07, 6.45) is 1.49. The maximum Gasteiger partial charge on any atom is 0.466 e. The van der Waals surface area contributed by atoms with Gasteiger partial charge in [0.15, 0.2) is 22.1 Å². The lowest BCUT2D eigenvalue weighted by Gasteiger charge is -2.11. The van der Waals surface area contributed by atoms with E-state index in [4.69, 9.17) is 34.7 Å². The van der Waals surface area contributed by atoms with Gasteiger partial charge in [-0.3, -0.25) is 0 Å². The third-order valence-electron chi connectivity index (χ3n) is 3.93. The van der Waals surface area contributed by atoms with Crippen LogP contribution in [0.1, 0.15) is 13.8 Å². The normalized spacial score (nSPS) is 11.5. The smallest absolute Gasteiger partial charge is 0.466 e. The van der Waals surface area contributed by atoms with E-state index >= 15 is 0 Å². The van der Waals surface area contributed by atoms with Gasteiger partial charge in [-0.25, -0.2) is 19.5 Å². The number of fused-ring (bicyclic) bond motifs is 1. The fourth-order valence-corrected chi connectivity index (χ4v) is 4.21. The van der Waals surface area contributed by atoms with E-state index in [1.54, 1.807) is 18.9 Å². The summed E-state index contributed by atoms with van der Waals surface area (Å²) < 4.78 is 17.5. The molecule has 3 aromatic rings. The number of imidazole rings is 1. The highest BCUT2D eigenvalue weighted by molar-refractivity contribution is 14.1. The number of hydrogen-bond acceptors (Lipinski definition) is 8. The molecule has 0 bridgehead atoms. The molecule has 3 rings (SSSR count). The number of rotatable bonds is 8. The Kier molecular flexibility index (Phi) is 10.1. The van der Waals surface area contributed by atoms with Crippen molar-refractivity contribution in [1.82, 2.24) is 24.8 Å². The fourth-order valence-electron chi connectivity index (χ4n) is 2.58. The number of nitrogens with one attached hydrogen (secondary N) is 1. The van der Waals surface area contributed by atoms with E-state index in [-0.39, 0.29) is 0 Å². The predicted octanol–water partition coefficient (Wildman–Crippen LogP) is 2.49. The summed E-state index contributed by atoms with van der Waals surface area (Å²) in [5, 5.41) is 4.31. The molecule has 0 atom stereocenters. The number of nitrogens with two attached hydrogens (primary N) is 1.